The monoisotopic (exact) mass is 360 g/mol. The van der Waals surface area contributed by atoms with Crippen molar-refractivity contribution in [3.05, 3.63) is 41.1 Å². The molecule has 0 N–H and O–H groups in total. The Morgan fingerprint density at radius 1 is 1.33 bits per heavy atom. The summed E-state index contributed by atoms with van der Waals surface area (Å²) in [5.41, 5.74) is 0.872. The molecule has 2 aromatic rings. The van der Waals surface area contributed by atoms with Crippen molar-refractivity contribution >= 4 is 73.4 Å². The highest BCUT2D eigenvalue weighted by atomic mass is 79.9. The molecule has 0 radical (unpaired) electrons. The lowest BCUT2D eigenvalue weighted by Crippen LogP contribution is -1.88. The Balaban J connectivity index is 2.40. The summed E-state index contributed by atoms with van der Waals surface area (Å²) in [4.78, 5) is 1.05. The van der Waals surface area contributed by atoms with Gasteiger partial charge in [0.2, 0.25) is 0 Å². The van der Waals surface area contributed by atoms with E-state index in [4.69, 9.17) is 34.8 Å². The summed E-state index contributed by atoms with van der Waals surface area (Å²) in [5.74, 6) is 0. The molecule has 2 heterocycles. The molecule has 2 rings (SSSR count). The largest absolute Gasteiger partial charge is 0.146 e. The summed E-state index contributed by atoms with van der Waals surface area (Å²) in [5, 5.41) is 1.74. The Hall–Kier alpha value is 0.750. The fourth-order valence-corrected chi connectivity index (χ4v) is 4.98. The van der Waals surface area contributed by atoms with Crippen LogP contribution in [0.5, 0.6) is 0 Å². The number of hydrogen-bond donors (Lipinski definition) is 0. The van der Waals surface area contributed by atoms with Crippen LogP contribution in [0.4, 0.5) is 0 Å². The summed E-state index contributed by atoms with van der Waals surface area (Å²) in [6, 6.07) is 3.79. The number of thiophene rings is 2. The number of alkyl halides is 1. The molecule has 0 bridgehead atoms. The minimum atomic E-state index is -0.240. The average molecular weight is 363 g/mol. The van der Waals surface area contributed by atoms with E-state index in [1.807, 2.05) is 17.5 Å². The van der Waals surface area contributed by atoms with E-state index in [-0.39, 0.29) is 5.38 Å². The Morgan fingerprint density at radius 3 is 2.53 bits per heavy atom. The van der Waals surface area contributed by atoms with E-state index in [0.717, 1.165) is 14.9 Å². The summed E-state index contributed by atoms with van der Waals surface area (Å²) in [6.45, 7) is 0. The van der Waals surface area contributed by atoms with Crippen LogP contribution in [0, 0.1) is 0 Å². The molecule has 0 aliphatic heterocycles. The lowest BCUT2D eigenvalue weighted by molar-refractivity contribution is 1.19. The molecule has 0 amide bonds. The number of halogens is 4. The summed E-state index contributed by atoms with van der Waals surface area (Å²) in [6.07, 6.45) is 0. The van der Waals surface area contributed by atoms with Gasteiger partial charge in [-0.15, -0.1) is 34.3 Å². The molecule has 0 aliphatic carbocycles. The molecule has 0 saturated heterocycles. The fraction of sp³-hybridized carbons (Fsp3) is 0.111. The topological polar surface area (TPSA) is 0 Å². The van der Waals surface area contributed by atoms with Gasteiger partial charge in [-0.2, -0.15) is 0 Å². The van der Waals surface area contributed by atoms with Crippen molar-refractivity contribution < 1.29 is 0 Å². The van der Waals surface area contributed by atoms with Crippen molar-refractivity contribution in [3.8, 4) is 0 Å². The maximum Gasteiger partial charge on any atom is 0.0994 e. The first-order valence-electron chi connectivity index (χ1n) is 3.91. The summed E-state index contributed by atoms with van der Waals surface area (Å²) < 4.78 is 2.32. The van der Waals surface area contributed by atoms with Crippen LogP contribution in [0.25, 0.3) is 0 Å². The Bertz CT molecular complexity index is 477. The van der Waals surface area contributed by atoms with Gasteiger partial charge in [0.1, 0.15) is 0 Å². The Labute approximate surface area is 119 Å². The van der Waals surface area contributed by atoms with E-state index in [1.165, 1.54) is 11.3 Å². The average Bonchev–Trinajstić information content (AvgIpc) is 2.71. The van der Waals surface area contributed by atoms with E-state index >= 15 is 0 Å². The van der Waals surface area contributed by atoms with E-state index in [0.29, 0.717) is 8.67 Å². The molecule has 0 spiro atoms. The third-order valence-corrected chi connectivity index (χ3v) is 5.87. The second-order valence-corrected chi connectivity index (χ2v) is 7.30. The van der Waals surface area contributed by atoms with Gasteiger partial charge in [0.25, 0.3) is 0 Å². The molecule has 0 aromatic carbocycles. The molecule has 80 valence electrons. The number of rotatable bonds is 2. The van der Waals surface area contributed by atoms with Gasteiger partial charge < -0.3 is 0 Å². The molecule has 6 heteroatoms. The van der Waals surface area contributed by atoms with Crippen LogP contribution in [0.2, 0.25) is 8.67 Å². The van der Waals surface area contributed by atoms with Gasteiger partial charge in [0, 0.05) is 14.9 Å². The van der Waals surface area contributed by atoms with Crippen molar-refractivity contribution in [1.29, 1.82) is 0 Å². The molecule has 1 unspecified atom stereocenters. The Morgan fingerprint density at radius 2 is 2.07 bits per heavy atom. The lowest BCUT2D eigenvalue weighted by atomic mass is 10.2. The predicted octanol–water partition coefficient (Wildman–Crippen LogP) is 6.21. The standard InChI is InChI=1S/C9H4BrCl3S2/c10-5-1-2-14-8(5)7(12)4-3-6(11)15-9(4)13/h1-3,7H. The second kappa shape index (κ2) is 4.94. The summed E-state index contributed by atoms with van der Waals surface area (Å²) >= 11 is 24.6. The zero-order valence-electron chi connectivity index (χ0n) is 7.14. The highest BCUT2D eigenvalue weighted by Gasteiger charge is 2.20. The van der Waals surface area contributed by atoms with E-state index in [2.05, 4.69) is 15.9 Å². The SMILES string of the molecule is Clc1cc(C(Cl)c2sccc2Br)c(Cl)s1. The van der Waals surface area contributed by atoms with E-state index in [1.54, 1.807) is 11.3 Å². The molecule has 0 aliphatic rings. The first kappa shape index (κ1) is 12.2. The van der Waals surface area contributed by atoms with Crippen LogP contribution in [0.1, 0.15) is 15.8 Å². The van der Waals surface area contributed by atoms with Gasteiger partial charge in [-0.3, -0.25) is 0 Å². The fourth-order valence-electron chi connectivity index (χ4n) is 1.15. The molecule has 15 heavy (non-hydrogen) atoms. The number of hydrogen-bond acceptors (Lipinski definition) is 2. The molecular formula is C9H4BrCl3S2. The van der Waals surface area contributed by atoms with Crippen molar-refractivity contribution in [3.63, 3.8) is 0 Å². The third-order valence-electron chi connectivity index (χ3n) is 1.83. The maximum atomic E-state index is 6.34. The second-order valence-electron chi connectivity index (χ2n) is 2.77. The van der Waals surface area contributed by atoms with Crippen molar-refractivity contribution in [1.82, 2.24) is 0 Å². The minimum Gasteiger partial charge on any atom is -0.146 e. The van der Waals surface area contributed by atoms with Crippen LogP contribution in [0.3, 0.4) is 0 Å². The van der Waals surface area contributed by atoms with Gasteiger partial charge in [0.05, 0.1) is 14.0 Å². The quantitative estimate of drug-likeness (QED) is 0.557. The van der Waals surface area contributed by atoms with Gasteiger partial charge in [-0.1, -0.05) is 23.2 Å². The smallest absolute Gasteiger partial charge is 0.0994 e. The maximum absolute atomic E-state index is 6.34. The van der Waals surface area contributed by atoms with E-state index < -0.39 is 0 Å². The van der Waals surface area contributed by atoms with Crippen LogP contribution in [0.15, 0.2) is 22.0 Å². The first-order chi connectivity index (χ1) is 7.09. The Kier molecular flexibility index (Phi) is 4.03. The van der Waals surface area contributed by atoms with Crippen molar-refractivity contribution in [2.75, 3.05) is 0 Å². The van der Waals surface area contributed by atoms with Crippen molar-refractivity contribution in [2.24, 2.45) is 0 Å². The van der Waals surface area contributed by atoms with E-state index in [9.17, 15) is 0 Å². The lowest BCUT2D eigenvalue weighted by Gasteiger charge is -2.06. The normalized spacial score (nSPS) is 13.1. The van der Waals surface area contributed by atoms with Crippen LogP contribution in [-0.4, -0.2) is 0 Å². The molecular weight excluding hydrogens is 358 g/mol. The van der Waals surface area contributed by atoms with Crippen molar-refractivity contribution in [2.45, 2.75) is 5.38 Å². The molecule has 0 fully saturated rings. The van der Waals surface area contributed by atoms with Gasteiger partial charge >= 0.3 is 0 Å². The van der Waals surface area contributed by atoms with Gasteiger partial charge in [-0.25, -0.2) is 0 Å². The minimum absolute atomic E-state index is 0.240. The zero-order chi connectivity index (χ0) is 11.0. The van der Waals surface area contributed by atoms with Crippen LogP contribution in [-0.2, 0) is 0 Å². The van der Waals surface area contributed by atoms with Gasteiger partial charge in [0.15, 0.2) is 0 Å². The summed E-state index contributed by atoms with van der Waals surface area (Å²) in [7, 11) is 0. The first-order valence-corrected chi connectivity index (χ1v) is 7.59. The third kappa shape index (κ3) is 2.54. The van der Waals surface area contributed by atoms with Gasteiger partial charge in [-0.05, 0) is 33.4 Å². The molecule has 0 nitrogen and oxygen atoms in total. The van der Waals surface area contributed by atoms with Crippen LogP contribution >= 0.6 is 73.4 Å². The van der Waals surface area contributed by atoms with Crippen LogP contribution < -0.4 is 0 Å². The molecule has 0 saturated carbocycles. The molecule has 1 atom stereocenters. The zero-order valence-corrected chi connectivity index (χ0v) is 12.6. The predicted molar refractivity (Wildman–Crippen MR) is 74.1 cm³/mol. The highest BCUT2D eigenvalue weighted by molar-refractivity contribution is 9.10. The highest BCUT2D eigenvalue weighted by Crippen LogP contribution is 2.44. The molecule has 2 aromatic heterocycles.